The summed E-state index contributed by atoms with van der Waals surface area (Å²) in [5, 5.41) is 0. The van der Waals surface area contributed by atoms with Gasteiger partial charge in [0.1, 0.15) is 5.75 Å². The van der Waals surface area contributed by atoms with Crippen LogP contribution in [0, 0.1) is 13.8 Å². The first-order chi connectivity index (χ1) is 6.57. The Morgan fingerprint density at radius 1 is 1.07 bits per heavy atom. The monoisotopic (exact) mass is 188 g/mol. The van der Waals surface area contributed by atoms with Crippen molar-refractivity contribution in [3.63, 3.8) is 0 Å². The highest BCUT2D eigenvalue weighted by molar-refractivity contribution is 5.55. The second-order valence-electron chi connectivity index (χ2n) is 4.25. The highest BCUT2D eigenvalue weighted by Gasteiger charge is 2.32. The van der Waals surface area contributed by atoms with Gasteiger partial charge in [-0.15, -0.1) is 0 Å². The van der Waals surface area contributed by atoms with Gasteiger partial charge in [-0.25, -0.2) is 0 Å². The fourth-order valence-electron chi connectivity index (χ4n) is 2.18. The van der Waals surface area contributed by atoms with E-state index in [1.165, 1.54) is 16.7 Å². The number of ether oxygens (including phenoxy) is 1. The van der Waals surface area contributed by atoms with Crippen molar-refractivity contribution >= 4 is 0 Å². The van der Waals surface area contributed by atoms with Crippen LogP contribution in [0.3, 0.4) is 0 Å². The van der Waals surface area contributed by atoms with E-state index in [9.17, 15) is 0 Å². The maximum Gasteiger partial charge on any atom is 0.119 e. The summed E-state index contributed by atoms with van der Waals surface area (Å²) in [5.41, 5.74) is 4.27. The van der Waals surface area contributed by atoms with Gasteiger partial charge in [0.15, 0.2) is 0 Å². The first-order valence-corrected chi connectivity index (χ1v) is 4.93. The van der Waals surface area contributed by atoms with Crippen LogP contribution in [-0.4, -0.2) is 7.11 Å². The third-order valence-electron chi connectivity index (χ3n) is 2.95. The lowest BCUT2D eigenvalue weighted by atomic mass is 9.88. The van der Waals surface area contributed by atoms with E-state index in [1.54, 1.807) is 7.11 Å². The zero-order chi connectivity index (χ0) is 10.3. The van der Waals surface area contributed by atoms with Crippen LogP contribution in [0.1, 0.15) is 23.6 Å². The van der Waals surface area contributed by atoms with Crippen LogP contribution in [0.25, 0.3) is 0 Å². The minimum Gasteiger partial charge on any atom is -0.497 e. The molecule has 1 nitrogen and oxygen atoms in total. The third-order valence-corrected chi connectivity index (χ3v) is 2.95. The first kappa shape index (κ1) is 9.32. The number of allylic oxidation sites excluding steroid dienone is 2. The summed E-state index contributed by atoms with van der Waals surface area (Å²) in [4.78, 5) is 0. The molecule has 0 saturated carbocycles. The van der Waals surface area contributed by atoms with Gasteiger partial charge in [0.2, 0.25) is 0 Å². The fraction of sp³-hybridized carbons (Fsp3) is 0.385. The summed E-state index contributed by atoms with van der Waals surface area (Å²) in [5.74, 6) is 0.952. The molecule has 0 heterocycles. The molecule has 1 heteroatoms. The van der Waals surface area contributed by atoms with Crippen molar-refractivity contribution < 1.29 is 4.74 Å². The van der Waals surface area contributed by atoms with E-state index in [-0.39, 0.29) is 5.41 Å². The van der Waals surface area contributed by atoms with E-state index in [0.29, 0.717) is 0 Å². The highest BCUT2D eigenvalue weighted by Crippen LogP contribution is 2.42. The summed E-state index contributed by atoms with van der Waals surface area (Å²) in [6.07, 6.45) is 4.49. The number of hydrogen-bond donors (Lipinski definition) is 0. The lowest BCUT2D eigenvalue weighted by Crippen LogP contribution is -2.07. The average Bonchev–Trinajstić information content (AvgIpc) is 2.82. The molecule has 0 amide bonds. The van der Waals surface area contributed by atoms with Gasteiger partial charge in [0.25, 0.3) is 0 Å². The maximum absolute atomic E-state index is 5.24. The molecule has 0 spiro atoms. The summed E-state index contributed by atoms with van der Waals surface area (Å²) in [7, 11) is 1.71. The zero-order valence-electron chi connectivity index (χ0n) is 9.22. The molecule has 0 aromatic heterocycles. The minimum atomic E-state index is 0.209. The van der Waals surface area contributed by atoms with Gasteiger partial charge in [0, 0.05) is 5.41 Å². The van der Waals surface area contributed by atoms with E-state index in [4.69, 9.17) is 4.74 Å². The Morgan fingerprint density at radius 2 is 1.57 bits per heavy atom. The van der Waals surface area contributed by atoms with E-state index < -0.39 is 0 Å². The Hall–Kier alpha value is -1.24. The summed E-state index contributed by atoms with van der Waals surface area (Å²) in [6.45, 7) is 6.54. The maximum atomic E-state index is 5.24. The molecule has 0 atom stereocenters. The second-order valence-corrected chi connectivity index (χ2v) is 4.25. The predicted octanol–water partition coefficient (Wildman–Crippen LogP) is 3.14. The van der Waals surface area contributed by atoms with E-state index in [0.717, 1.165) is 5.75 Å². The summed E-state index contributed by atoms with van der Waals surface area (Å²) in [6, 6.07) is 4.21. The summed E-state index contributed by atoms with van der Waals surface area (Å²) >= 11 is 0. The molecule has 0 fully saturated rings. The average molecular weight is 188 g/mol. The van der Waals surface area contributed by atoms with Gasteiger partial charge in [-0.05, 0) is 49.6 Å². The predicted molar refractivity (Wildman–Crippen MR) is 59.0 cm³/mol. The molecule has 1 aliphatic carbocycles. The molecule has 0 aliphatic heterocycles. The van der Waals surface area contributed by atoms with Crippen molar-refractivity contribution in [3.05, 3.63) is 41.0 Å². The standard InChI is InChI=1S/C13H16O/c1-9-7-11(14-4)8-10(2)12(9)13(3)5-6-13/h5-8H,1-4H3. The molecular formula is C13H16O. The van der Waals surface area contributed by atoms with Gasteiger partial charge < -0.3 is 4.74 Å². The molecular weight excluding hydrogens is 172 g/mol. The van der Waals surface area contributed by atoms with Crippen molar-refractivity contribution in [2.24, 2.45) is 0 Å². The van der Waals surface area contributed by atoms with Crippen molar-refractivity contribution in [1.29, 1.82) is 0 Å². The quantitative estimate of drug-likeness (QED) is 0.648. The van der Waals surface area contributed by atoms with Crippen LogP contribution in [-0.2, 0) is 5.41 Å². The first-order valence-electron chi connectivity index (χ1n) is 4.93. The fourth-order valence-corrected chi connectivity index (χ4v) is 2.18. The Kier molecular flexibility index (Phi) is 1.91. The molecule has 0 saturated heterocycles. The van der Waals surface area contributed by atoms with Crippen molar-refractivity contribution in [3.8, 4) is 5.75 Å². The summed E-state index contributed by atoms with van der Waals surface area (Å²) < 4.78 is 5.24. The molecule has 0 radical (unpaired) electrons. The highest BCUT2D eigenvalue weighted by atomic mass is 16.5. The van der Waals surface area contributed by atoms with Crippen molar-refractivity contribution in [1.82, 2.24) is 0 Å². The van der Waals surface area contributed by atoms with E-state index >= 15 is 0 Å². The SMILES string of the molecule is COc1cc(C)c(C2(C)C=C2)c(C)c1. The van der Waals surface area contributed by atoms with Crippen molar-refractivity contribution in [2.75, 3.05) is 7.11 Å². The third kappa shape index (κ3) is 1.33. The van der Waals surface area contributed by atoms with Gasteiger partial charge in [-0.3, -0.25) is 0 Å². The second kappa shape index (κ2) is 2.88. The molecule has 0 bridgehead atoms. The van der Waals surface area contributed by atoms with Crippen molar-refractivity contribution in [2.45, 2.75) is 26.2 Å². The number of benzene rings is 1. The molecule has 14 heavy (non-hydrogen) atoms. The van der Waals surface area contributed by atoms with Crippen LogP contribution in [0.2, 0.25) is 0 Å². The molecule has 0 unspecified atom stereocenters. The Labute approximate surface area is 85.4 Å². The molecule has 0 N–H and O–H groups in total. The molecule has 1 aromatic rings. The number of aryl methyl sites for hydroxylation is 2. The van der Waals surface area contributed by atoms with Crippen LogP contribution in [0.15, 0.2) is 24.3 Å². The van der Waals surface area contributed by atoms with E-state index in [2.05, 4.69) is 45.1 Å². The molecule has 1 aliphatic rings. The van der Waals surface area contributed by atoms with Gasteiger partial charge in [0.05, 0.1) is 7.11 Å². The smallest absolute Gasteiger partial charge is 0.119 e. The lowest BCUT2D eigenvalue weighted by molar-refractivity contribution is 0.414. The number of rotatable bonds is 2. The molecule has 74 valence electrons. The minimum absolute atomic E-state index is 0.209. The number of methoxy groups -OCH3 is 1. The number of hydrogen-bond acceptors (Lipinski definition) is 1. The van der Waals surface area contributed by atoms with Gasteiger partial charge in [-0.2, -0.15) is 0 Å². The lowest BCUT2D eigenvalue weighted by Gasteiger charge is -2.17. The van der Waals surface area contributed by atoms with Crippen LogP contribution >= 0.6 is 0 Å². The Balaban J connectivity index is 2.51. The van der Waals surface area contributed by atoms with Crippen LogP contribution in [0.4, 0.5) is 0 Å². The van der Waals surface area contributed by atoms with Crippen LogP contribution < -0.4 is 4.74 Å². The Bertz CT molecular complexity index is 373. The molecule has 1 aromatic carbocycles. The van der Waals surface area contributed by atoms with Gasteiger partial charge >= 0.3 is 0 Å². The zero-order valence-corrected chi connectivity index (χ0v) is 9.22. The molecule has 2 rings (SSSR count). The van der Waals surface area contributed by atoms with E-state index in [1.807, 2.05) is 0 Å². The topological polar surface area (TPSA) is 9.23 Å². The largest absolute Gasteiger partial charge is 0.497 e. The van der Waals surface area contributed by atoms with Gasteiger partial charge in [-0.1, -0.05) is 12.2 Å². The van der Waals surface area contributed by atoms with Crippen LogP contribution in [0.5, 0.6) is 5.75 Å². The normalized spacial score (nSPS) is 16.9. The Morgan fingerprint density at radius 3 is 1.93 bits per heavy atom.